The fourth-order valence-electron chi connectivity index (χ4n) is 5.63. The smallest absolute Gasteiger partial charge is 0.252 e. The van der Waals surface area contributed by atoms with Crippen LogP contribution in [0.4, 0.5) is 0 Å². The van der Waals surface area contributed by atoms with Gasteiger partial charge in [-0.1, -0.05) is 65.7 Å². The number of hydrogen-bond acceptors (Lipinski definition) is 6. The van der Waals surface area contributed by atoms with E-state index in [2.05, 4.69) is 5.32 Å². The van der Waals surface area contributed by atoms with Crippen LogP contribution < -0.4 is 14.8 Å². The first-order valence-corrected chi connectivity index (χ1v) is 15.8. The summed E-state index contributed by atoms with van der Waals surface area (Å²) >= 11 is 12.9. The standard InChI is InChI=1S/C35H40Cl2N2O5/c1-23-6-4-7-24(2)34(23)44-19-18-43-28-14-10-25(11-15-28)29-16-17-38-31(21-42-22-41-3)32(29)35(40)39(27-12-13-27)20-26-8-5-9-30(36)33(26)37/h4-11,14-15,27,31,38H,12-13,16-22H2,1-3H3. The number of carbonyl (C=O) groups excluding carboxylic acids is 1. The maximum Gasteiger partial charge on any atom is 0.252 e. The zero-order valence-electron chi connectivity index (χ0n) is 25.5. The molecule has 1 unspecified atom stereocenters. The number of rotatable bonds is 14. The SMILES string of the molecule is COCOCC1NCCC(c2ccc(OCCOc3c(C)cccc3C)cc2)=C1C(=O)N(Cc1cccc(Cl)c1Cl)C1CC1. The van der Waals surface area contributed by atoms with Crippen molar-refractivity contribution in [3.05, 3.63) is 98.5 Å². The Morgan fingerprint density at radius 2 is 1.66 bits per heavy atom. The molecule has 1 aliphatic heterocycles. The molecule has 1 heterocycles. The van der Waals surface area contributed by atoms with E-state index in [1.165, 1.54) is 0 Å². The summed E-state index contributed by atoms with van der Waals surface area (Å²) in [5, 5.41) is 4.47. The van der Waals surface area contributed by atoms with Crippen LogP contribution in [-0.2, 0) is 20.8 Å². The number of para-hydroxylation sites is 1. The fourth-order valence-corrected chi connectivity index (χ4v) is 6.01. The van der Waals surface area contributed by atoms with Crippen LogP contribution in [0.5, 0.6) is 11.5 Å². The first-order valence-electron chi connectivity index (χ1n) is 15.1. The van der Waals surface area contributed by atoms with Crippen LogP contribution in [0.1, 0.15) is 41.5 Å². The zero-order chi connectivity index (χ0) is 31.1. The topological polar surface area (TPSA) is 69.3 Å². The van der Waals surface area contributed by atoms with Crippen LogP contribution in [0.3, 0.4) is 0 Å². The minimum absolute atomic E-state index is 0.0132. The molecule has 1 atom stereocenters. The molecule has 0 saturated heterocycles. The first-order chi connectivity index (χ1) is 21.4. The predicted molar refractivity (Wildman–Crippen MR) is 175 cm³/mol. The number of halogens is 2. The Morgan fingerprint density at radius 1 is 0.955 bits per heavy atom. The molecule has 9 heteroatoms. The molecule has 1 amide bonds. The van der Waals surface area contributed by atoms with Gasteiger partial charge in [0.25, 0.3) is 5.91 Å². The van der Waals surface area contributed by atoms with Crippen molar-refractivity contribution in [3.8, 4) is 11.5 Å². The first kappa shape index (κ1) is 32.3. The summed E-state index contributed by atoms with van der Waals surface area (Å²) in [7, 11) is 1.59. The highest BCUT2D eigenvalue weighted by atomic mass is 35.5. The van der Waals surface area contributed by atoms with Crippen molar-refractivity contribution in [2.24, 2.45) is 0 Å². The van der Waals surface area contributed by atoms with Gasteiger partial charge in [0.05, 0.1) is 22.7 Å². The summed E-state index contributed by atoms with van der Waals surface area (Å²) in [4.78, 5) is 16.4. The molecule has 3 aromatic carbocycles. The molecule has 5 rings (SSSR count). The second-order valence-electron chi connectivity index (χ2n) is 11.2. The molecule has 44 heavy (non-hydrogen) atoms. The lowest BCUT2D eigenvalue weighted by atomic mass is 9.88. The van der Waals surface area contributed by atoms with E-state index in [0.29, 0.717) is 48.4 Å². The Balaban J connectivity index is 1.35. The lowest BCUT2D eigenvalue weighted by molar-refractivity contribution is -0.129. The van der Waals surface area contributed by atoms with Gasteiger partial charge in [0.15, 0.2) is 0 Å². The Bertz CT molecular complexity index is 1450. The average Bonchev–Trinajstić information content (AvgIpc) is 3.87. The molecule has 0 bridgehead atoms. The lowest BCUT2D eigenvalue weighted by Crippen LogP contribution is -2.47. The Labute approximate surface area is 270 Å². The molecule has 1 N–H and O–H groups in total. The highest BCUT2D eigenvalue weighted by molar-refractivity contribution is 6.42. The van der Waals surface area contributed by atoms with Gasteiger partial charge < -0.3 is 29.2 Å². The third-order valence-electron chi connectivity index (χ3n) is 7.99. The van der Waals surface area contributed by atoms with Gasteiger partial charge in [0.1, 0.15) is 31.5 Å². The average molecular weight is 640 g/mol. The number of methoxy groups -OCH3 is 1. The van der Waals surface area contributed by atoms with Crippen molar-refractivity contribution in [1.82, 2.24) is 10.2 Å². The van der Waals surface area contributed by atoms with Crippen LogP contribution in [0.15, 0.2) is 66.2 Å². The predicted octanol–water partition coefficient (Wildman–Crippen LogP) is 7.00. The normalized spacial score (nSPS) is 16.6. The van der Waals surface area contributed by atoms with E-state index < -0.39 is 0 Å². The monoisotopic (exact) mass is 638 g/mol. The molecule has 1 saturated carbocycles. The second-order valence-corrected chi connectivity index (χ2v) is 12.0. The van der Waals surface area contributed by atoms with Crippen molar-refractivity contribution in [2.75, 3.05) is 40.3 Å². The number of nitrogens with one attached hydrogen (secondary N) is 1. The third kappa shape index (κ3) is 7.95. The van der Waals surface area contributed by atoms with Crippen molar-refractivity contribution in [3.63, 3.8) is 0 Å². The second kappa shape index (κ2) is 15.3. The summed E-state index contributed by atoms with van der Waals surface area (Å²) in [6.45, 7) is 6.54. The van der Waals surface area contributed by atoms with Gasteiger partial charge in [0, 0.05) is 25.3 Å². The van der Waals surface area contributed by atoms with E-state index in [1.807, 2.05) is 73.3 Å². The van der Waals surface area contributed by atoms with E-state index >= 15 is 0 Å². The van der Waals surface area contributed by atoms with Crippen molar-refractivity contribution < 1.29 is 23.7 Å². The fraction of sp³-hybridized carbons (Fsp3) is 0.400. The van der Waals surface area contributed by atoms with E-state index in [4.69, 9.17) is 42.1 Å². The third-order valence-corrected chi connectivity index (χ3v) is 8.84. The Morgan fingerprint density at radius 3 is 2.36 bits per heavy atom. The molecule has 0 spiro atoms. The Kier molecular flexibility index (Phi) is 11.2. The maximum atomic E-state index is 14.4. The molecule has 2 aliphatic rings. The summed E-state index contributed by atoms with van der Waals surface area (Å²) in [5.41, 5.74) is 5.76. The molecule has 0 aromatic heterocycles. The minimum atomic E-state index is -0.282. The highest BCUT2D eigenvalue weighted by Crippen LogP contribution is 2.36. The van der Waals surface area contributed by atoms with Crippen molar-refractivity contribution in [1.29, 1.82) is 0 Å². The van der Waals surface area contributed by atoms with Gasteiger partial charge >= 0.3 is 0 Å². The summed E-state index contributed by atoms with van der Waals surface area (Å²) < 4.78 is 22.9. The maximum absolute atomic E-state index is 14.4. The number of aryl methyl sites for hydroxylation is 2. The largest absolute Gasteiger partial charge is 0.490 e. The number of ether oxygens (including phenoxy) is 4. The lowest BCUT2D eigenvalue weighted by Gasteiger charge is -2.33. The molecular formula is C35H40Cl2N2O5. The number of benzene rings is 3. The van der Waals surface area contributed by atoms with Crippen LogP contribution in [0.2, 0.25) is 10.0 Å². The number of carbonyl (C=O) groups is 1. The molecule has 1 fully saturated rings. The van der Waals surface area contributed by atoms with Gasteiger partial charge in [-0.3, -0.25) is 4.79 Å². The van der Waals surface area contributed by atoms with Crippen LogP contribution in [-0.4, -0.2) is 63.2 Å². The molecular weight excluding hydrogens is 599 g/mol. The van der Waals surface area contributed by atoms with Gasteiger partial charge in [-0.25, -0.2) is 0 Å². The van der Waals surface area contributed by atoms with E-state index in [9.17, 15) is 4.79 Å². The van der Waals surface area contributed by atoms with Gasteiger partial charge in [0.2, 0.25) is 0 Å². The van der Waals surface area contributed by atoms with Gasteiger partial charge in [-0.05, 0) is 85.7 Å². The van der Waals surface area contributed by atoms with Crippen molar-refractivity contribution >= 4 is 34.7 Å². The number of nitrogens with zero attached hydrogens (tertiary/aromatic N) is 1. The summed E-state index contributed by atoms with van der Waals surface area (Å²) in [6.07, 6.45) is 2.63. The molecule has 0 radical (unpaired) electrons. The van der Waals surface area contributed by atoms with Crippen LogP contribution in [0.25, 0.3) is 5.57 Å². The minimum Gasteiger partial charge on any atom is -0.490 e. The number of hydrogen-bond donors (Lipinski definition) is 1. The van der Waals surface area contributed by atoms with E-state index in [1.54, 1.807) is 13.2 Å². The van der Waals surface area contributed by atoms with Gasteiger partial charge in [-0.15, -0.1) is 0 Å². The molecule has 234 valence electrons. The summed E-state index contributed by atoms with van der Waals surface area (Å²) in [5.74, 6) is 1.64. The molecule has 3 aromatic rings. The van der Waals surface area contributed by atoms with E-state index in [-0.39, 0.29) is 24.8 Å². The molecule has 7 nitrogen and oxygen atoms in total. The highest BCUT2D eigenvalue weighted by Gasteiger charge is 2.38. The quantitative estimate of drug-likeness (QED) is 0.152. The van der Waals surface area contributed by atoms with Gasteiger partial charge in [-0.2, -0.15) is 0 Å². The van der Waals surface area contributed by atoms with Crippen LogP contribution in [0, 0.1) is 13.8 Å². The van der Waals surface area contributed by atoms with Crippen molar-refractivity contribution in [2.45, 2.75) is 51.7 Å². The zero-order valence-corrected chi connectivity index (χ0v) is 27.0. The Hall–Kier alpha value is -3.07. The molecule has 1 aliphatic carbocycles. The van der Waals surface area contributed by atoms with Crippen LogP contribution >= 0.6 is 23.2 Å². The number of amides is 1. The van der Waals surface area contributed by atoms with E-state index in [0.717, 1.165) is 58.7 Å². The summed E-state index contributed by atoms with van der Waals surface area (Å²) in [6, 6.07) is 19.5.